The van der Waals surface area contributed by atoms with Crippen molar-refractivity contribution in [2.45, 2.75) is 37.5 Å². The van der Waals surface area contributed by atoms with E-state index in [2.05, 4.69) is 63.6 Å². The van der Waals surface area contributed by atoms with E-state index in [0.29, 0.717) is 6.04 Å². The van der Waals surface area contributed by atoms with Crippen LogP contribution in [0, 0.1) is 0 Å². The highest BCUT2D eigenvalue weighted by atomic mass is 16.5. The van der Waals surface area contributed by atoms with Crippen LogP contribution in [0.2, 0.25) is 0 Å². The van der Waals surface area contributed by atoms with E-state index in [1.54, 1.807) is 0 Å². The molecule has 0 aromatic heterocycles. The van der Waals surface area contributed by atoms with Gasteiger partial charge in [-0.05, 0) is 61.2 Å². The summed E-state index contributed by atoms with van der Waals surface area (Å²) in [6.07, 6.45) is 3.43. The van der Waals surface area contributed by atoms with Crippen LogP contribution in [0.15, 0.2) is 48.5 Å². The predicted octanol–water partition coefficient (Wildman–Crippen LogP) is 2.56. The number of fused-ring (bicyclic) bond motifs is 1. The molecule has 2 heterocycles. The van der Waals surface area contributed by atoms with Gasteiger partial charge < -0.3 is 20.7 Å². The van der Waals surface area contributed by atoms with Crippen LogP contribution in [0.25, 0.3) is 0 Å². The molecule has 2 saturated heterocycles. The van der Waals surface area contributed by atoms with E-state index in [1.807, 2.05) is 0 Å². The molecule has 3 atom stereocenters. The fourth-order valence-corrected chi connectivity index (χ4v) is 5.15. The Morgan fingerprint density at radius 2 is 1.76 bits per heavy atom. The van der Waals surface area contributed by atoms with Gasteiger partial charge in [0.1, 0.15) is 11.9 Å². The summed E-state index contributed by atoms with van der Waals surface area (Å²) in [7, 11) is 0. The smallest absolute Gasteiger partial charge is 0.140 e. The number of rotatable bonds is 4. The van der Waals surface area contributed by atoms with Gasteiger partial charge in [0.2, 0.25) is 0 Å². The van der Waals surface area contributed by atoms with Crippen molar-refractivity contribution in [2.75, 3.05) is 44.2 Å². The van der Waals surface area contributed by atoms with Crippen molar-refractivity contribution >= 4 is 5.69 Å². The molecule has 3 aliphatic rings. The molecular formula is C24H32N4O. The summed E-state index contributed by atoms with van der Waals surface area (Å²) >= 11 is 0. The van der Waals surface area contributed by atoms with Crippen LogP contribution in [0.4, 0.5) is 5.69 Å². The zero-order chi connectivity index (χ0) is 19.6. The van der Waals surface area contributed by atoms with Gasteiger partial charge in [-0.1, -0.05) is 24.3 Å². The number of piperidine rings is 1. The Kier molecular flexibility index (Phi) is 5.44. The van der Waals surface area contributed by atoms with Gasteiger partial charge in [0.15, 0.2) is 0 Å². The first-order chi connectivity index (χ1) is 14.3. The van der Waals surface area contributed by atoms with Crippen LogP contribution in [-0.2, 0) is 6.42 Å². The van der Waals surface area contributed by atoms with E-state index in [4.69, 9.17) is 10.5 Å². The average molecular weight is 393 g/mol. The summed E-state index contributed by atoms with van der Waals surface area (Å²) in [5, 5.41) is 3.41. The standard InChI is InChI=1S/C24H32N4O/c25-19-5-3-13-28(17-19)23-16-18-4-1-2-6-22(18)24(23)29-21-9-7-20(8-10-21)27-14-11-26-12-15-27/h1-2,4,6-10,19,23-24,26H,3,5,11-17,25H2/t19-,23?,24?/m1/s1. The molecule has 3 N–H and O–H groups in total. The Hall–Kier alpha value is -2.08. The van der Waals surface area contributed by atoms with Crippen molar-refractivity contribution in [1.82, 2.24) is 10.2 Å². The maximum Gasteiger partial charge on any atom is 0.140 e. The van der Waals surface area contributed by atoms with Crippen LogP contribution in [0.1, 0.15) is 30.1 Å². The van der Waals surface area contributed by atoms with E-state index in [1.165, 1.54) is 23.2 Å². The average Bonchev–Trinajstić information content (AvgIpc) is 3.13. The van der Waals surface area contributed by atoms with Gasteiger partial charge in [0.05, 0.1) is 6.04 Å². The van der Waals surface area contributed by atoms with Gasteiger partial charge in [-0.15, -0.1) is 0 Å². The molecule has 0 spiro atoms. The van der Waals surface area contributed by atoms with Crippen molar-refractivity contribution in [1.29, 1.82) is 0 Å². The minimum Gasteiger partial charge on any atom is -0.484 e. The lowest BCUT2D eigenvalue weighted by Crippen LogP contribution is -2.49. The first kappa shape index (κ1) is 18.9. The topological polar surface area (TPSA) is 53.8 Å². The minimum absolute atomic E-state index is 0.0709. The van der Waals surface area contributed by atoms with Crippen molar-refractivity contribution < 1.29 is 4.74 Å². The molecule has 0 radical (unpaired) electrons. The van der Waals surface area contributed by atoms with E-state index in [-0.39, 0.29) is 12.1 Å². The van der Waals surface area contributed by atoms with Crippen LogP contribution < -0.4 is 20.7 Å². The van der Waals surface area contributed by atoms with Gasteiger partial charge in [0, 0.05) is 44.5 Å². The lowest BCUT2D eigenvalue weighted by Gasteiger charge is -2.38. The van der Waals surface area contributed by atoms with E-state index in [0.717, 1.165) is 57.9 Å². The maximum atomic E-state index is 6.63. The fourth-order valence-electron chi connectivity index (χ4n) is 5.15. The van der Waals surface area contributed by atoms with Crippen LogP contribution >= 0.6 is 0 Å². The summed E-state index contributed by atoms with van der Waals surface area (Å²) in [6, 6.07) is 18.1. The third-order valence-electron chi connectivity index (χ3n) is 6.68. The second kappa shape index (κ2) is 8.34. The highest BCUT2D eigenvalue weighted by Crippen LogP contribution is 2.39. The Balaban J connectivity index is 1.35. The number of nitrogens with two attached hydrogens (primary N) is 1. The highest BCUT2D eigenvalue weighted by molar-refractivity contribution is 5.50. The molecule has 2 aromatic rings. The number of hydrogen-bond donors (Lipinski definition) is 2. The molecule has 154 valence electrons. The summed E-state index contributed by atoms with van der Waals surface area (Å²) in [4.78, 5) is 5.00. The van der Waals surface area contributed by atoms with E-state index in [9.17, 15) is 0 Å². The van der Waals surface area contributed by atoms with Gasteiger partial charge >= 0.3 is 0 Å². The predicted molar refractivity (Wildman–Crippen MR) is 118 cm³/mol. The number of ether oxygens (including phenoxy) is 1. The molecule has 2 aliphatic heterocycles. The molecule has 2 fully saturated rings. The monoisotopic (exact) mass is 392 g/mol. The van der Waals surface area contributed by atoms with Crippen LogP contribution in [-0.4, -0.2) is 56.3 Å². The lowest BCUT2D eigenvalue weighted by molar-refractivity contribution is 0.0593. The molecule has 0 amide bonds. The highest BCUT2D eigenvalue weighted by Gasteiger charge is 2.39. The quantitative estimate of drug-likeness (QED) is 0.838. The normalized spacial score (nSPS) is 27.6. The molecule has 5 nitrogen and oxygen atoms in total. The van der Waals surface area contributed by atoms with Crippen molar-refractivity contribution in [3.05, 3.63) is 59.7 Å². The second-order valence-corrected chi connectivity index (χ2v) is 8.64. The third kappa shape index (κ3) is 4.00. The minimum atomic E-state index is 0.0709. The van der Waals surface area contributed by atoms with Gasteiger partial charge in [-0.25, -0.2) is 0 Å². The van der Waals surface area contributed by atoms with Crippen LogP contribution in [0.3, 0.4) is 0 Å². The maximum absolute atomic E-state index is 6.63. The van der Waals surface area contributed by atoms with Gasteiger partial charge in [-0.3, -0.25) is 4.90 Å². The molecule has 5 rings (SSSR count). The molecule has 1 aliphatic carbocycles. The van der Waals surface area contributed by atoms with E-state index >= 15 is 0 Å². The molecule has 2 aromatic carbocycles. The molecule has 29 heavy (non-hydrogen) atoms. The zero-order valence-corrected chi connectivity index (χ0v) is 17.1. The molecular weight excluding hydrogens is 360 g/mol. The lowest BCUT2D eigenvalue weighted by atomic mass is 10.0. The second-order valence-electron chi connectivity index (χ2n) is 8.64. The molecule has 0 saturated carbocycles. The zero-order valence-electron chi connectivity index (χ0n) is 17.1. The number of benzene rings is 2. The van der Waals surface area contributed by atoms with E-state index < -0.39 is 0 Å². The number of likely N-dealkylation sites (tertiary alicyclic amines) is 1. The Bertz CT molecular complexity index is 818. The number of hydrogen-bond acceptors (Lipinski definition) is 5. The summed E-state index contributed by atoms with van der Waals surface area (Å²) in [5.41, 5.74) is 10.3. The number of nitrogens with one attached hydrogen (secondary N) is 1. The Morgan fingerprint density at radius 1 is 0.966 bits per heavy atom. The summed E-state index contributed by atoms with van der Waals surface area (Å²) in [6.45, 7) is 6.32. The molecule has 2 unspecified atom stereocenters. The molecule has 0 bridgehead atoms. The largest absolute Gasteiger partial charge is 0.484 e. The Morgan fingerprint density at radius 3 is 2.55 bits per heavy atom. The number of piperazine rings is 1. The molecule has 5 heteroatoms. The fraction of sp³-hybridized carbons (Fsp3) is 0.500. The van der Waals surface area contributed by atoms with Crippen molar-refractivity contribution in [3.8, 4) is 5.75 Å². The third-order valence-corrected chi connectivity index (χ3v) is 6.68. The van der Waals surface area contributed by atoms with Crippen molar-refractivity contribution in [2.24, 2.45) is 5.73 Å². The number of anilines is 1. The first-order valence-corrected chi connectivity index (χ1v) is 11.1. The van der Waals surface area contributed by atoms with Gasteiger partial charge in [-0.2, -0.15) is 0 Å². The Labute approximate surface area is 173 Å². The first-order valence-electron chi connectivity index (χ1n) is 11.1. The summed E-state index contributed by atoms with van der Waals surface area (Å²) < 4.78 is 6.63. The van der Waals surface area contributed by atoms with Gasteiger partial charge in [0.25, 0.3) is 0 Å². The number of nitrogens with zero attached hydrogens (tertiary/aromatic N) is 2. The van der Waals surface area contributed by atoms with Crippen molar-refractivity contribution in [3.63, 3.8) is 0 Å². The summed E-state index contributed by atoms with van der Waals surface area (Å²) in [5.74, 6) is 0.955. The SMILES string of the molecule is N[C@@H]1CCCN(C2Cc3ccccc3C2Oc2ccc(N3CCNCC3)cc2)C1. The van der Waals surface area contributed by atoms with Crippen LogP contribution in [0.5, 0.6) is 5.75 Å².